The smallest absolute Gasteiger partial charge is 0.235 e. The Bertz CT molecular complexity index is 705. The molecule has 0 saturated heterocycles. The van der Waals surface area contributed by atoms with Crippen LogP contribution in [0.15, 0.2) is 34.9 Å². The zero-order valence-corrected chi connectivity index (χ0v) is 14.7. The highest BCUT2D eigenvalue weighted by Crippen LogP contribution is 2.11. The summed E-state index contributed by atoms with van der Waals surface area (Å²) in [5.74, 6) is 1.07. The van der Waals surface area contributed by atoms with Crippen molar-refractivity contribution in [1.82, 2.24) is 10.5 Å². The fourth-order valence-electron chi connectivity index (χ4n) is 1.93. The Hall–Kier alpha value is -1.99. The molecule has 2 aromatic rings. The predicted molar refractivity (Wildman–Crippen MR) is 95.4 cm³/mol. The molecule has 0 spiro atoms. The molecule has 0 aliphatic heterocycles. The van der Waals surface area contributed by atoms with Crippen molar-refractivity contribution < 1.29 is 14.1 Å². The Morgan fingerprint density at radius 3 is 2.75 bits per heavy atom. The van der Waals surface area contributed by atoms with Gasteiger partial charge < -0.3 is 15.2 Å². The number of aromatic nitrogens is 1. The van der Waals surface area contributed by atoms with Gasteiger partial charge in [-0.2, -0.15) is 0 Å². The molecule has 24 heavy (non-hydrogen) atoms. The summed E-state index contributed by atoms with van der Waals surface area (Å²) < 4.78 is 4.85. The maximum atomic E-state index is 11.7. The number of halogens is 1. The van der Waals surface area contributed by atoms with Crippen LogP contribution >= 0.6 is 23.4 Å². The Morgan fingerprint density at radius 2 is 2.04 bits per heavy atom. The first kappa shape index (κ1) is 18.4. The van der Waals surface area contributed by atoms with E-state index in [0.717, 1.165) is 5.56 Å². The van der Waals surface area contributed by atoms with E-state index < -0.39 is 0 Å². The van der Waals surface area contributed by atoms with Gasteiger partial charge in [0, 0.05) is 17.6 Å². The molecule has 0 saturated carbocycles. The second-order valence-electron chi connectivity index (χ2n) is 5.09. The molecule has 1 aromatic carbocycles. The molecule has 2 N–H and O–H groups in total. The van der Waals surface area contributed by atoms with E-state index in [1.807, 2.05) is 24.3 Å². The van der Waals surface area contributed by atoms with E-state index in [9.17, 15) is 9.59 Å². The highest BCUT2D eigenvalue weighted by Gasteiger charge is 2.08. The number of hydrogen-bond donors (Lipinski definition) is 2. The van der Waals surface area contributed by atoms with Crippen LogP contribution in [-0.4, -0.2) is 35.0 Å². The normalized spacial score (nSPS) is 10.4. The van der Waals surface area contributed by atoms with Gasteiger partial charge in [-0.25, -0.2) is 0 Å². The molecule has 8 heteroatoms. The zero-order valence-electron chi connectivity index (χ0n) is 13.2. The van der Waals surface area contributed by atoms with Crippen LogP contribution in [-0.2, 0) is 16.0 Å². The standard InChI is InChI=1S/C16H18ClN3O3S/c1-11-7-14(20-23-11)19-16(22)10-24-9-15(21)18-6-5-12-3-2-4-13(17)8-12/h2-4,7-8H,5-6,9-10H2,1H3,(H,18,21)(H,19,20,22). The van der Waals surface area contributed by atoms with Gasteiger partial charge in [-0.15, -0.1) is 11.8 Å². The Labute approximate surface area is 149 Å². The molecule has 0 radical (unpaired) electrons. The number of amides is 2. The molecule has 1 aromatic heterocycles. The average molecular weight is 368 g/mol. The summed E-state index contributed by atoms with van der Waals surface area (Å²) in [7, 11) is 0. The van der Waals surface area contributed by atoms with Gasteiger partial charge >= 0.3 is 0 Å². The SMILES string of the molecule is Cc1cc(NC(=O)CSCC(=O)NCCc2cccc(Cl)c2)no1. The van der Waals surface area contributed by atoms with Crippen LogP contribution in [0.1, 0.15) is 11.3 Å². The average Bonchev–Trinajstić information content (AvgIpc) is 2.92. The molecule has 0 aliphatic carbocycles. The van der Waals surface area contributed by atoms with E-state index in [2.05, 4.69) is 15.8 Å². The molecular formula is C16H18ClN3O3S. The number of hydrogen-bond acceptors (Lipinski definition) is 5. The minimum atomic E-state index is -0.222. The lowest BCUT2D eigenvalue weighted by molar-refractivity contribution is -0.118. The van der Waals surface area contributed by atoms with Crippen molar-refractivity contribution in [1.29, 1.82) is 0 Å². The highest BCUT2D eigenvalue weighted by atomic mass is 35.5. The molecular weight excluding hydrogens is 350 g/mol. The zero-order chi connectivity index (χ0) is 17.4. The molecule has 6 nitrogen and oxygen atoms in total. The van der Waals surface area contributed by atoms with E-state index in [1.54, 1.807) is 13.0 Å². The lowest BCUT2D eigenvalue weighted by Gasteiger charge is -2.06. The number of benzene rings is 1. The number of thioether (sulfide) groups is 1. The molecule has 0 unspecified atom stereocenters. The first-order chi connectivity index (χ1) is 11.5. The van der Waals surface area contributed by atoms with Crippen molar-refractivity contribution in [2.24, 2.45) is 0 Å². The van der Waals surface area contributed by atoms with Gasteiger partial charge in [0.05, 0.1) is 11.5 Å². The van der Waals surface area contributed by atoms with Crippen molar-refractivity contribution in [2.45, 2.75) is 13.3 Å². The van der Waals surface area contributed by atoms with Crippen LogP contribution in [0.25, 0.3) is 0 Å². The minimum Gasteiger partial charge on any atom is -0.360 e. The number of rotatable bonds is 8. The molecule has 128 valence electrons. The number of carbonyl (C=O) groups excluding carboxylic acids is 2. The number of aryl methyl sites for hydroxylation is 1. The van der Waals surface area contributed by atoms with Crippen LogP contribution in [0, 0.1) is 6.92 Å². The highest BCUT2D eigenvalue weighted by molar-refractivity contribution is 8.00. The molecule has 0 fully saturated rings. The summed E-state index contributed by atoms with van der Waals surface area (Å²) in [5.41, 5.74) is 1.07. The van der Waals surface area contributed by atoms with Crippen molar-refractivity contribution in [2.75, 3.05) is 23.4 Å². The second-order valence-corrected chi connectivity index (χ2v) is 6.52. The first-order valence-electron chi connectivity index (χ1n) is 7.35. The van der Waals surface area contributed by atoms with Crippen molar-refractivity contribution in [3.05, 3.63) is 46.7 Å². The monoisotopic (exact) mass is 367 g/mol. The summed E-state index contributed by atoms with van der Waals surface area (Å²) >= 11 is 7.15. The second kappa shape index (κ2) is 9.34. The van der Waals surface area contributed by atoms with Crippen LogP contribution in [0.2, 0.25) is 5.02 Å². The van der Waals surface area contributed by atoms with Crippen LogP contribution in [0.3, 0.4) is 0 Å². The summed E-state index contributed by atoms with van der Waals surface area (Å²) in [5, 5.41) is 9.77. The van der Waals surface area contributed by atoms with Gasteiger partial charge in [-0.05, 0) is 31.0 Å². The van der Waals surface area contributed by atoms with E-state index in [1.165, 1.54) is 11.8 Å². The van der Waals surface area contributed by atoms with Gasteiger partial charge in [0.25, 0.3) is 0 Å². The Balaban J connectivity index is 1.58. The quantitative estimate of drug-likeness (QED) is 0.749. The maximum Gasteiger partial charge on any atom is 0.235 e. The van der Waals surface area contributed by atoms with E-state index in [0.29, 0.717) is 29.6 Å². The van der Waals surface area contributed by atoms with Gasteiger partial charge in [0.2, 0.25) is 11.8 Å². The Kier molecular flexibility index (Phi) is 7.14. The minimum absolute atomic E-state index is 0.105. The third-order valence-corrected chi connectivity index (χ3v) is 4.15. The summed E-state index contributed by atoms with van der Waals surface area (Å²) in [6, 6.07) is 9.16. The van der Waals surface area contributed by atoms with Crippen LogP contribution in [0.4, 0.5) is 5.82 Å². The predicted octanol–water partition coefficient (Wildman–Crippen LogP) is 2.67. The third-order valence-electron chi connectivity index (χ3n) is 2.99. The van der Waals surface area contributed by atoms with Gasteiger partial charge in [-0.3, -0.25) is 9.59 Å². The van der Waals surface area contributed by atoms with Crippen LogP contribution in [0.5, 0.6) is 0 Å². The number of nitrogens with one attached hydrogen (secondary N) is 2. The lowest BCUT2D eigenvalue weighted by Crippen LogP contribution is -2.28. The van der Waals surface area contributed by atoms with Crippen molar-refractivity contribution in [3.8, 4) is 0 Å². The van der Waals surface area contributed by atoms with E-state index in [4.69, 9.17) is 16.1 Å². The summed E-state index contributed by atoms with van der Waals surface area (Å²) in [6.07, 6.45) is 0.711. The largest absolute Gasteiger partial charge is 0.360 e. The molecule has 2 amide bonds. The number of nitrogens with zero attached hydrogens (tertiary/aromatic N) is 1. The van der Waals surface area contributed by atoms with E-state index in [-0.39, 0.29) is 23.3 Å². The molecule has 2 rings (SSSR count). The van der Waals surface area contributed by atoms with Gasteiger partial charge in [0.15, 0.2) is 5.82 Å². The molecule has 0 bridgehead atoms. The van der Waals surface area contributed by atoms with E-state index >= 15 is 0 Å². The number of anilines is 1. The van der Waals surface area contributed by atoms with Crippen LogP contribution < -0.4 is 10.6 Å². The van der Waals surface area contributed by atoms with Crippen molar-refractivity contribution >= 4 is 41.0 Å². The first-order valence-corrected chi connectivity index (χ1v) is 8.88. The maximum absolute atomic E-state index is 11.7. The number of carbonyl (C=O) groups is 2. The third kappa shape index (κ3) is 6.64. The molecule has 0 aliphatic rings. The van der Waals surface area contributed by atoms with Gasteiger partial charge in [0.1, 0.15) is 5.76 Å². The lowest BCUT2D eigenvalue weighted by atomic mass is 10.1. The summed E-state index contributed by atoms with van der Waals surface area (Å²) in [6.45, 7) is 2.27. The topological polar surface area (TPSA) is 84.2 Å². The fraction of sp³-hybridized carbons (Fsp3) is 0.312. The molecule has 0 atom stereocenters. The van der Waals surface area contributed by atoms with Gasteiger partial charge in [-0.1, -0.05) is 28.9 Å². The molecule has 1 heterocycles. The fourth-order valence-corrected chi connectivity index (χ4v) is 2.79. The summed E-state index contributed by atoms with van der Waals surface area (Å²) in [4.78, 5) is 23.4. The van der Waals surface area contributed by atoms with Crippen molar-refractivity contribution in [3.63, 3.8) is 0 Å². The Morgan fingerprint density at radius 1 is 1.25 bits per heavy atom.